The lowest BCUT2D eigenvalue weighted by Crippen LogP contribution is -2.36. The van der Waals surface area contributed by atoms with Gasteiger partial charge in [-0.2, -0.15) is 0 Å². The number of rotatable bonds is 11. The second kappa shape index (κ2) is 12.1. The molecular weight excluding hydrogens is 352 g/mol. The lowest BCUT2D eigenvalue weighted by atomic mass is 9.63. The largest absolute Gasteiger partial charge is 0.240 e. The summed E-state index contributed by atoms with van der Waals surface area (Å²) in [5.41, 5.74) is 1.60. The van der Waals surface area contributed by atoms with Crippen molar-refractivity contribution in [2.45, 2.75) is 135 Å². The minimum absolute atomic E-state index is 0.265. The first kappa shape index (κ1) is 22.8. The molecule has 0 aromatic carbocycles. The summed E-state index contributed by atoms with van der Waals surface area (Å²) in [6, 6.07) is 0. The molecule has 0 aliphatic heterocycles. The molecule has 3 rings (SSSR count). The van der Waals surface area contributed by atoms with Crippen LogP contribution in [0.1, 0.15) is 134 Å². The molecule has 0 spiro atoms. The Labute approximate surface area is 180 Å². The van der Waals surface area contributed by atoms with Crippen molar-refractivity contribution in [1.29, 1.82) is 0 Å². The van der Waals surface area contributed by atoms with Crippen molar-refractivity contribution in [3.63, 3.8) is 0 Å². The first-order chi connectivity index (χ1) is 14.3. The summed E-state index contributed by atoms with van der Waals surface area (Å²) in [6.07, 6.45) is 28.9. The highest BCUT2D eigenvalue weighted by Crippen LogP contribution is 2.47. The van der Waals surface area contributed by atoms with Gasteiger partial charge in [-0.1, -0.05) is 84.5 Å². The van der Waals surface area contributed by atoms with E-state index in [2.05, 4.69) is 26.2 Å². The van der Waals surface area contributed by atoms with Gasteiger partial charge in [0.15, 0.2) is 0 Å². The molecule has 0 radical (unpaired) electrons. The Hall–Kier alpha value is -0.920. The lowest BCUT2D eigenvalue weighted by molar-refractivity contribution is 0.136. The molecule has 0 saturated heterocycles. The van der Waals surface area contributed by atoms with Crippen molar-refractivity contribution < 1.29 is 0 Å². The van der Waals surface area contributed by atoms with E-state index < -0.39 is 0 Å². The number of nitrogens with zero attached hydrogens (tertiary/aromatic N) is 2. The number of aryl methyl sites for hydroxylation is 1. The number of hydrogen-bond donors (Lipinski definition) is 0. The van der Waals surface area contributed by atoms with Crippen molar-refractivity contribution in [2.75, 3.05) is 0 Å². The minimum atomic E-state index is 0.265. The summed E-state index contributed by atoms with van der Waals surface area (Å²) in [7, 11) is 0. The molecule has 29 heavy (non-hydrogen) atoms. The highest BCUT2D eigenvalue weighted by molar-refractivity contribution is 5.14. The molecule has 0 atom stereocenters. The Morgan fingerprint density at radius 2 is 1.38 bits per heavy atom. The molecular formula is C27H46N2. The Balaban J connectivity index is 1.58. The normalized spacial score (nSPS) is 25.9. The number of unbranched alkanes of at least 4 members (excludes halogenated alkanes) is 5. The zero-order chi connectivity index (χ0) is 20.4. The second-order valence-corrected chi connectivity index (χ2v) is 10.2. The molecule has 2 fully saturated rings. The highest BCUT2D eigenvalue weighted by atomic mass is 14.9. The van der Waals surface area contributed by atoms with Gasteiger partial charge < -0.3 is 0 Å². The van der Waals surface area contributed by atoms with Crippen molar-refractivity contribution in [3.8, 4) is 0 Å². The van der Waals surface area contributed by atoms with E-state index in [1.165, 1.54) is 121 Å². The first-order valence-electron chi connectivity index (χ1n) is 13.1. The Morgan fingerprint density at radius 1 is 0.759 bits per heavy atom. The van der Waals surface area contributed by atoms with E-state index >= 15 is 0 Å². The molecule has 1 heterocycles. The average molecular weight is 399 g/mol. The van der Waals surface area contributed by atoms with E-state index in [4.69, 9.17) is 9.97 Å². The van der Waals surface area contributed by atoms with Gasteiger partial charge in [-0.3, -0.25) is 0 Å². The van der Waals surface area contributed by atoms with Crippen LogP contribution in [0.5, 0.6) is 0 Å². The molecule has 164 valence electrons. The zero-order valence-corrected chi connectivity index (χ0v) is 19.4. The van der Waals surface area contributed by atoms with Gasteiger partial charge in [0.25, 0.3) is 0 Å². The van der Waals surface area contributed by atoms with Crippen LogP contribution in [0.15, 0.2) is 12.4 Å². The van der Waals surface area contributed by atoms with Crippen LogP contribution in [0.25, 0.3) is 0 Å². The van der Waals surface area contributed by atoms with Crippen LogP contribution >= 0.6 is 0 Å². The third-order valence-electron chi connectivity index (χ3n) is 8.06. The summed E-state index contributed by atoms with van der Waals surface area (Å²) in [4.78, 5) is 9.94. The smallest absolute Gasteiger partial charge is 0.134 e. The predicted molar refractivity (Wildman–Crippen MR) is 124 cm³/mol. The predicted octanol–water partition coefficient (Wildman–Crippen LogP) is 8.19. The van der Waals surface area contributed by atoms with Crippen LogP contribution in [0, 0.1) is 11.8 Å². The summed E-state index contributed by atoms with van der Waals surface area (Å²) >= 11 is 0. The summed E-state index contributed by atoms with van der Waals surface area (Å²) in [6.45, 7) is 4.60. The Morgan fingerprint density at radius 3 is 2.03 bits per heavy atom. The number of hydrogen-bond acceptors (Lipinski definition) is 2. The molecule has 2 saturated carbocycles. The van der Waals surface area contributed by atoms with Gasteiger partial charge in [0.2, 0.25) is 0 Å². The van der Waals surface area contributed by atoms with Crippen LogP contribution in [-0.2, 0) is 11.8 Å². The lowest BCUT2D eigenvalue weighted by Gasteiger charge is -2.42. The van der Waals surface area contributed by atoms with Crippen molar-refractivity contribution in [1.82, 2.24) is 9.97 Å². The zero-order valence-electron chi connectivity index (χ0n) is 19.4. The molecule has 2 nitrogen and oxygen atoms in total. The summed E-state index contributed by atoms with van der Waals surface area (Å²) in [5.74, 6) is 3.17. The van der Waals surface area contributed by atoms with E-state index in [-0.39, 0.29) is 5.41 Å². The molecule has 1 aromatic rings. The van der Waals surface area contributed by atoms with Gasteiger partial charge >= 0.3 is 0 Å². The van der Waals surface area contributed by atoms with Crippen LogP contribution in [0.3, 0.4) is 0 Å². The van der Waals surface area contributed by atoms with Gasteiger partial charge in [0.1, 0.15) is 5.82 Å². The molecule has 0 amide bonds. The van der Waals surface area contributed by atoms with Gasteiger partial charge in [-0.05, 0) is 62.3 Å². The molecule has 0 unspecified atom stereocenters. The van der Waals surface area contributed by atoms with Crippen LogP contribution in [0.2, 0.25) is 0 Å². The maximum Gasteiger partial charge on any atom is 0.134 e. The van der Waals surface area contributed by atoms with E-state index in [0.717, 1.165) is 18.3 Å². The molecule has 0 bridgehead atoms. The molecule has 1 aromatic heterocycles. The maximum atomic E-state index is 4.97. The molecule has 2 aliphatic rings. The standard InChI is InChI=1S/C27H46N2/c1-3-5-7-8-10-13-23-21-28-26(29-22-23)27(18-6-4-2)19-16-25(17-20-27)24-14-11-9-12-15-24/h21-22,24-25H,3-20H2,1-2H3. The fraction of sp³-hybridized carbons (Fsp3) is 0.852. The third kappa shape index (κ3) is 6.53. The summed E-state index contributed by atoms with van der Waals surface area (Å²) in [5, 5.41) is 0. The Bertz CT molecular complexity index is 550. The van der Waals surface area contributed by atoms with Crippen LogP contribution < -0.4 is 0 Å². The van der Waals surface area contributed by atoms with E-state index in [1.54, 1.807) is 0 Å². The molecule has 2 aliphatic carbocycles. The quantitative estimate of drug-likeness (QED) is 0.351. The van der Waals surface area contributed by atoms with Gasteiger partial charge in [0, 0.05) is 17.8 Å². The van der Waals surface area contributed by atoms with Gasteiger partial charge in [-0.25, -0.2) is 9.97 Å². The van der Waals surface area contributed by atoms with E-state index in [9.17, 15) is 0 Å². The first-order valence-corrected chi connectivity index (χ1v) is 13.1. The highest BCUT2D eigenvalue weighted by Gasteiger charge is 2.40. The van der Waals surface area contributed by atoms with Crippen LogP contribution in [0.4, 0.5) is 0 Å². The molecule has 2 heteroatoms. The van der Waals surface area contributed by atoms with Crippen molar-refractivity contribution >= 4 is 0 Å². The van der Waals surface area contributed by atoms with Gasteiger partial charge in [-0.15, -0.1) is 0 Å². The third-order valence-corrected chi connectivity index (χ3v) is 8.06. The average Bonchev–Trinajstić information content (AvgIpc) is 2.79. The van der Waals surface area contributed by atoms with E-state index in [1.807, 2.05) is 0 Å². The fourth-order valence-electron chi connectivity index (χ4n) is 6.06. The van der Waals surface area contributed by atoms with Crippen molar-refractivity contribution in [2.24, 2.45) is 11.8 Å². The minimum Gasteiger partial charge on any atom is -0.240 e. The monoisotopic (exact) mass is 398 g/mol. The van der Waals surface area contributed by atoms with E-state index in [0.29, 0.717) is 0 Å². The molecule has 0 N–H and O–H groups in total. The second-order valence-electron chi connectivity index (χ2n) is 10.2. The Kier molecular flexibility index (Phi) is 9.46. The van der Waals surface area contributed by atoms with Gasteiger partial charge in [0.05, 0.1) is 0 Å². The fourth-order valence-corrected chi connectivity index (χ4v) is 6.06. The SMILES string of the molecule is CCCCCCCc1cnc(C2(CCCC)CCC(C3CCCCC3)CC2)nc1. The van der Waals surface area contributed by atoms with Crippen LogP contribution in [-0.4, -0.2) is 9.97 Å². The topological polar surface area (TPSA) is 25.8 Å². The summed E-state index contributed by atoms with van der Waals surface area (Å²) < 4.78 is 0. The van der Waals surface area contributed by atoms with Crippen molar-refractivity contribution in [3.05, 3.63) is 23.8 Å². The number of aromatic nitrogens is 2. The maximum absolute atomic E-state index is 4.97.